The van der Waals surface area contributed by atoms with E-state index in [4.69, 9.17) is 0 Å². The molecule has 0 amide bonds. The minimum absolute atomic E-state index is 0.0588. The molecule has 0 heterocycles. The molecule has 0 bridgehead atoms. The number of fused-ring (bicyclic) bond motifs is 1. The van der Waals surface area contributed by atoms with Gasteiger partial charge >= 0.3 is 0 Å². The van der Waals surface area contributed by atoms with Gasteiger partial charge in [0.2, 0.25) is 0 Å². The summed E-state index contributed by atoms with van der Waals surface area (Å²) >= 11 is 0. The number of Topliss-reactive ketones (excluding diaryl/α,β-unsaturated/α-hetero) is 1. The van der Waals surface area contributed by atoms with E-state index in [9.17, 15) is 4.79 Å². The monoisotopic (exact) mass is 334 g/mol. The molecular weight excluding hydrogens is 304 g/mol. The molecule has 0 aromatic heterocycles. The molecule has 2 rings (SSSR count). The molecule has 132 valence electrons. The van der Waals surface area contributed by atoms with Crippen LogP contribution >= 0.6 is 0 Å². The summed E-state index contributed by atoms with van der Waals surface area (Å²) in [7, 11) is 0. The maximum Gasteiger partial charge on any atom is 0.160 e. The number of rotatable bonds is 4. The van der Waals surface area contributed by atoms with Crippen molar-refractivity contribution in [3.63, 3.8) is 0 Å². The maximum atomic E-state index is 11.9. The number of ketones is 1. The number of carbonyl (C=O) groups excluding carboxylic acids is 1. The molecule has 1 aromatic carbocycles. The molecular formula is C24H30O. The van der Waals surface area contributed by atoms with Crippen molar-refractivity contribution in [1.82, 2.24) is 0 Å². The Morgan fingerprint density at radius 3 is 2.48 bits per heavy atom. The number of hydrogen-bond donors (Lipinski definition) is 0. The summed E-state index contributed by atoms with van der Waals surface area (Å²) in [4.78, 5) is 11.9. The topological polar surface area (TPSA) is 17.1 Å². The van der Waals surface area contributed by atoms with E-state index in [2.05, 4.69) is 52.1 Å². The smallest absolute Gasteiger partial charge is 0.160 e. The molecule has 1 aliphatic carbocycles. The Labute approximate surface area is 152 Å². The molecule has 0 N–H and O–H groups in total. The molecule has 1 aromatic rings. The largest absolute Gasteiger partial charge is 0.295 e. The fourth-order valence-electron chi connectivity index (χ4n) is 3.70. The van der Waals surface area contributed by atoms with Gasteiger partial charge in [-0.15, -0.1) is 0 Å². The first kappa shape index (κ1) is 19.2. The first-order chi connectivity index (χ1) is 11.8. The van der Waals surface area contributed by atoms with E-state index in [1.54, 1.807) is 6.92 Å². The van der Waals surface area contributed by atoms with Gasteiger partial charge in [0.05, 0.1) is 0 Å². The molecule has 0 saturated heterocycles. The van der Waals surface area contributed by atoms with Gasteiger partial charge in [-0.25, -0.2) is 0 Å². The van der Waals surface area contributed by atoms with E-state index >= 15 is 0 Å². The fraction of sp³-hybridized carbons (Fsp3) is 0.375. The minimum atomic E-state index is 0.0588. The first-order valence-corrected chi connectivity index (χ1v) is 9.13. The van der Waals surface area contributed by atoms with Gasteiger partial charge in [-0.3, -0.25) is 4.79 Å². The minimum Gasteiger partial charge on any atom is -0.295 e. The van der Waals surface area contributed by atoms with Crippen molar-refractivity contribution < 1.29 is 4.79 Å². The molecule has 0 saturated carbocycles. The molecule has 0 spiro atoms. The van der Waals surface area contributed by atoms with Crippen LogP contribution in [0, 0.1) is 19.8 Å². The lowest BCUT2D eigenvalue weighted by atomic mass is 9.90. The van der Waals surface area contributed by atoms with E-state index in [-0.39, 0.29) is 5.78 Å². The van der Waals surface area contributed by atoms with Crippen LogP contribution in [0.4, 0.5) is 0 Å². The Morgan fingerprint density at radius 1 is 1.28 bits per heavy atom. The molecule has 0 radical (unpaired) electrons. The van der Waals surface area contributed by atoms with Crippen LogP contribution in [0.2, 0.25) is 0 Å². The van der Waals surface area contributed by atoms with Gasteiger partial charge in [-0.2, -0.15) is 0 Å². The quantitative estimate of drug-likeness (QED) is 0.273. The summed E-state index contributed by atoms with van der Waals surface area (Å²) in [6, 6.07) is 4.61. The fourth-order valence-corrected chi connectivity index (χ4v) is 3.70. The van der Waals surface area contributed by atoms with Crippen molar-refractivity contribution in [2.75, 3.05) is 0 Å². The normalized spacial score (nSPS) is 19.6. The second-order valence-electron chi connectivity index (χ2n) is 7.19. The third kappa shape index (κ3) is 4.10. The van der Waals surface area contributed by atoms with E-state index in [1.165, 1.54) is 33.4 Å². The standard InChI is InChI=1S/C24H30O/c1-8-20-14-22-10-15(3)16(4)13-24(22)21(11-17(20)5)12-18(6)23(9-2)19(7)25/h9-10,12-13,20H,5-6,8,11,14H2,1-4,7H3/b21-12+,23-9+. The Bertz CT molecular complexity index is 787. The number of carbonyl (C=O) groups is 1. The van der Waals surface area contributed by atoms with Crippen molar-refractivity contribution in [3.05, 3.63) is 76.4 Å². The zero-order chi connectivity index (χ0) is 18.7. The van der Waals surface area contributed by atoms with Crippen LogP contribution in [-0.4, -0.2) is 5.78 Å². The number of benzene rings is 1. The summed E-state index contributed by atoms with van der Waals surface area (Å²) in [6.45, 7) is 18.6. The average molecular weight is 335 g/mol. The van der Waals surface area contributed by atoms with Gasteiger partial charge in [-0.1, -0.05) is 49.9 Å². The summed E-state index contributed by atoms with van der Waals surface area (Å²) in [5.74, 6) is 0.567. The summed E-state index contributed by atoms with van der Waals surface area (Å²) < 4.78 is 0. The lowest BCUT2D eigenvalue weighted by Gasteiger charge is -2.15. The Morgan fingerprint density at radius 2 is 1.92 bits per heavy atom. The molecule has 1 atom stereocenters. The van der Waals surface area contributed by atoms with Crippen LogP contribution in [0.25, 0.3) is 5.57 Å². The lowest BCUT2D eigenvalue weighted by molar-refractivity contribution is -0.113. The van der Waals surface area contributed by atoms with Crippen LogP contribution in [-0.2, 0) is 11.2 Å². The van der Waals surface area contributed by atoms with Gasteiger partial charge in [0, 0.05) is 5.57 Å². The van der Waals surface area contributed by atoms with Crippen molar-refractivity contribution in [3.8, 4) is 0 Å². The highest BCUT2D eigenvalue weighted by molar-refractivity contribution is 5.99. The third-order valence-corrected chi connectivity index (χ3v) is 5.38. The lowest BCUT2D eigenvalue weighted by Crippen LogP contribution is -2.04. The van der Waals surface area contributed by atoms with Crippen molar-refractivity contribution in [2.24, 2.45) is 5.92 Å². The molecule has 0 fully saturated rings. The van der Waals surface area contributed by atoms with Crippen LogP contribution < -0.4 is 0 Å². The van der Waals surface area contributed by atoms with Crippen molar-refractivity contribution in [1.29, 1.82) is 0 Å². The maximum absolute atomic E-state index is 11.9. The van der Waals surface area contributed by atoms with Gasteiger partial charge < -0.3 is 0 Å². The predicted molar refractivity (Wildman–Crippen MR) is 109 cm³/mol. The SMILES string of the molecule is C=C(/C=C1\CC(=C)C(CC)Cc2cc(C)c(C)cc21)/C(=C\C)C(C)=O. The Balaban J connectivity index is 2.60. The second kappa shape index (κ2) is 7.82. The van der Waals surface area contributed by atoms with E-state index in [0.717, 1.165) is 24.8 Å². The highest BCUT2D eigenvalue weighted by atomic mass is 16.1. The van der Waals surface area contributed by atoms with Gasteiger partial charge in [-0.05, 0) is 86.3 Å². The summed E-state index contributed by atoms with van der Waals surface area (Å²) in [5.41, 5.74) is 9.29. The molecule has 1 heteroatoms. The second-order valence-corrected chi connectivity index (χ2v) is 7.19. The number of hydrogen-bond acceptors (Lipinski definition) is 1. The predicted octanol–water partition coefficient (Wildman–Crippen LogP) is 6.31. The van der Waals surface area contributed by atoms with Gasteiger partial charge in [0.15, 0.2) is 5.78 Å². The van der Waals surface area contributed by atoms with Crippen molar-refractivity contribution in [2.45, 2.75) is 53.9 Å². The average Bonchev–Trinajstić information content (AvgIpc) is 2.66. The first-order valence-electron chi connectivity index (χ1n) is 9.13. The summed E-state index contributed by atoms with van der Waals surface area (Å²) in [6.07, 6.45) is 6.94. The van der Waals surface area contributed by atoms with Gasteiger partial charge in [0.25, 0.3) is 0 Å². The summed E-state index contributed by atoms with van der Waals surface area (Å²) in [5, 5.41) is 0. The van der Waals surface area contributed by atoms with E-state index in [0.29, 0.717) is 11.5 Å². The highest BCUT2D eigenvalue weighted by Crippen LogP contribution is 2.38. The van der Waals surface area contributed by atoms with Crippen LogP contribution in [0.5, 0.6) is 0 Å². The number of allylic oxidation sites excluding steroid dienone is 6. The van der Waals surface area contributed by atoms with Crippen LogP contribution in [0.1, 0.15) is 55.9 Å². The molecule has 25 heavy (non-hydrogen) atoms. The van der Waals surface area contributed by atoms with Gasteiger partial charge in [0.1, 0.15) is 0 Å². The van der Waals surface area contributed by atoms with E-state index in [1.807, 2.05) is 13.0 Å². The Kier molecular flexibility index (Phi) is 6.00. The third-order valence-electron chi connectivity index (χ3n) is 5.38. The molecule has 1 nitrogen and oxygen atoms in total. The van der Waals surface area contributed by atoms with Crippen LogP contribution in [0.15, 0.2) is 54.2 Å². The molecule has 0 aliphatic heterocycles. The molecule has 1 unspecified atom stereocenters. The molecule has 1 aliphatic rings. The highest BCUT2D eigenvalue weighted by Gasteiger charge is 2.22. The van der Waals surface area contributed by atoms with Crippen LogP contribution in [0.3, 0.4) is 0 Å². The van der Waals surface area contributed by atoms with Crippen molar-refractivity contribution >= 4 is 11.4 Å². The zero-order valence-corrected chi connectivity index (χ0v) is 16.3. The zero-order valence-electron chi connectivity index (χ0n) is 16.3. The Hall–Kier alpha value is -2.15. The number of aryl methyl sites for hydroxylation is 2. The van der Waals surface area contributed by atoms with E-state index < -0.39 is 0 Å².